The first-order valence-electron chi connectivity index (χ1n) is 8.81. The summed E-state index contributed by atoms with van der Waals surface area (Å²) >= 11 is 0. The summed E-state index contributed by atoms with van der Waals surface area (Å²) in [5.41, 5.74) is 0.0402. The number of carboxylic acids is 1. The van der Waals surface area contributed by atoms with Crippen LogP contribution in [0.15, 0.2) is 12.1 Å². The first kappa shape index (κ1) is 18.9. The number of carboxylic acid groups (broad SMARTS) is 1. The molecule has 0 radical (unpaired) electrons. The Morgan fingerprint density at radius 1 is 1.46 bits per heavy atom. The Morgan fingerprint density at radius 2 is 2.19 bits per heavy atom. The number of aromatic nitrogens is 1. The van der Waals surface area contributed by atoms with E-state index in [1.165, 1.54) is 16.4 Å². The van der Waals surface area contributed by atoms with Gasteiger partial charge in [0.05, 0.1) is 17.9 Å². The van der Waals surface area contributed by atoms with Crippen molar-refractivity contribution in [1.29, 1.82) is 0 Å². The molecule has 144 valence electrons. The second kappa shape index (κ2) is 7.40. The van der Waals surface area contributed by atoms with Gasteiger partial charge in [0.15, 0.2) is 0 Å². The van der Waals surface area contributed by atoms with Gasteiger partial charge in [0, 0.05) is 26.7 Å². The Hall–Kier alpha value is -1.87. The van der Waals surface area contributed by atoms with Crippen molar-refractivity contribution in [1.82, 2.24) is 4.98 Å². The zero-order valence-corrected chi connectivity index (χ0v) is 15.9. The summed E-state index contributed by atoms with van der Waals surface area (Å²) in [5, 5.41) is 9.46. The highest BCUT2D eigenvalue weighted by atomic mass is 32.2. The van der Waals surface area contributed by atoms with Crippen molar-refractivity contribution in [3.8, 4) is 0 Å². The molecule has 2 atom stereocenters. The largest absolute Gasteiger partial charge is 0.478 e. The predicted molar refractivity (Wildman–Crippen MR) is 98.3 cm³/mol. The normalized spacial score (nSPS) is 23.8. The van der Waals surface area contributed by atoms with Gasteiger partial charge in [-0.2, -0.15) is 0 Å². The molecule has 1 aliphatic heterocycles. The fourth-order valence-corrected chi connectivity index (χ4v) is 4.75. The van der Waals surface area contributed by atoms with Crippen LogP contribution in [0.3, 0.4) is 0 Å². The van der Waals surface area contributed by atoms with Crippen molar-refractivity contribution in [2.24, 2.45) is 11.8 Å². The summed E-state index contributed by atoms with van der Waals surface area (Å²) in [6, 6.07) is 2.85. The number of nitrogens with zero attached hydrogens (tertiary/aromatic N) is 3. The number of aromatic carboxylic acids is 1. The molecule has 2 fully saturated rings. The fraction of sp³-hybridized carbons (Fsp3) is 0.647. The summed E-state index contributed by atoms with van der Waals surface area (Å²) in [4.78, 5) is 18.1. The number of sulfonamides is 1. The third kappa shape index (κ3) is 4.09. The molecule has 1 saturated heterocycles. The molecular weight excluding hydrogens is 358 g/mol. The highest BCUT2D eigenvalue weighted by Gasteiger charge is 2.35. The first-order chi connectivity index (χ1) is 12.3. The van der Waals surface area contributed by atoms with Gasteiger partial charge in [-0.15, -0.1) is 0 Å². The maximum Gasteiger partial charge on any atom is 0.335 e. The van der Waals surface area contributed by atoms with Gasteiger partial charge in [-0.3, -0.25) is 4.31 Å². The lowest BCUT2D eigenvalue weighted by molar-refractivity contribution is 0.0696. The maximum absolute atomic E-state index is 12.2. The number of methoxy groups -OCH3 is 1. The molecule has 26 heavy (non-hydrogen) atoms. The summed E-state index contributed by atoms with van der Waals surface area (Å²) in [5.74, 6) is 0.816. The van der Waals surface area contributed by atoms with Crippen molar-refractivity contribution < 1.29 is 23.1 Å². The van der Waals surface area contributed by atoms with E-state index >= 15 is 0 Å². The van der Waals surface area contributed by atoms with E-state index in [0.717, 1.165) is 13.0 Å². The average Bonchev–Trinajstić information content (AvgIpc) is 3.16. The van der Waals surface area contributed by atoms with Crippen LogP contribution in [0.4, 0.5) is 11.6 Å². The van der Waals surface area contributed by atoms with Crippen LogP contribution >= 0.6 is 0 Å². The van der Waals surface area contributed by atoms with Crippen LogP contribution in [0, 0.1) is 11.8 Å². The Labute approximate surface area is 153 Å². The first-order valence-corrected chi connectivity index (χ1v) is 10.4. The van der Waals surface area contributed by atoms with E-state index in [1.54, 1.807) is 7.11 Å². The third-order valence-electron chi connectivity index (χ3n) is 5.02. The second-order valence-corrected chi connectivity index (χ2v) is 9.04. The summed E-state index contributed by atoms with van der Waals surface area (Å²) in [7, 11) is -1.81. The van der Waals surface area contributed by atoms with Gasteiger partial charge in [0.25, 0.3) is 0 Å². The van der Waals surface area contributed by atoms with Gasteiger partial charge in [-0.25, -0.2) is 18.2 Å². The van der Waals surface area contributed by atoms with E-state index in [2.05, 4.69) is 11.9 Å². The molecule has 1 aromatic heterocycles. The van der Waals surface area contributed by atoms with E-state index in [-0.39, 0.29) is 17.1 Å². The quantitative estimate of drug-likeness (QED) is 0.725. The van der Waals surface area contributed by atoms with Crippen LogP contribution in [-0.2, 0) is 14.8 Å². The monoisotopic (exact) mass is 383 g/mol. The molecule has 1 saturated carbocycles. The van der Waals surface area contributed by atoms with Crippen LogP contribution in [0.5, 0.6) is 0 Å². The van der Waals surface area contributed by atoms with Gasteiger partial charge >= 0.3 is 5.97 Å². The molecule has 0 bridgehead atoms. The third-order valence-corrected chi connectivity index (χ3v) is 6.87. The number of pyridine rings is 1. The Morgan fingerprint density at radius 3 is 2.73 bits per heavy atom. The van der Waals surface area contributed by atoms with Gasteiger partial charge in [-0.1, -0.05) is 6.92 Å². The minimum atomic E-state index is -3.43. The summed E-state index contributed by atoms with van der Waals surface area (Å²) in [6.45, 7) is 4.32. The Balaban J connectivity index is 1.96. The van der Waals surface area contributed by atoms with Crippen LogP contribution in [0.2, 0.25) is 0 Å². The fourth-order valence-electron chi connectivity index (χ4n) is 3.25. The molecule has 0 amide bonds. The highest BCUT2D eigenvalue weighted by Crippen LogP contribution is 2.39. The van der Waals surface area contributed by atoms with Crippen LogP contribution in [-0.4, -0.2) is 63.6 Å². The predicted octanol–water partition coefficient (Wildman–Crippen LogP) is 1.43. The van der Waals surface area contributed by atoms with Crippen LogP contribution in [0.25, 0.3) is 0 Å². The Bertz CT molecular complexity index is 783. The molecule has 1 aromatic rings. The highest BCUT2D eigenvalue weighted by molar-refractivity contribution is 7.93. The van der Waals surface area contributed by atoms with Crippen molar-refractivity contribution >= 4 is 27.6 Å². The zero-order chi connectivity index (χ0) is 18.9. The lowest BCUT2D eigenvalue weighted by Crippen LogP contribution is -2.32. The number of rotatable bonds is 8. The summed E-state index contributed by atoms with van der Waals surface area (Å²) in [6.07, 6.45) is 1.65. The second-order valence-electron chi connectivity index (χ2n) is 7.03. The minimum absolute atomic E-state index is 0.0402. The molecule has 9 heteroatoms. The number of carbonyl (C=O) groups is 1. The molecule has 0 spiro atoms. The molecule has 0 aromatic carbocycles. The molecule has 2 aliphatic rings. The van der Waals surface area contributed by atoms with Crippen LogP contribution < -0.4 is 9.21 Å². The topological polar surface area (TPSA) is 100 Å². The number of hydrogen-bond acceptors (Lipinski definition) is 6. The van der Waals surface area contributed by atoms with Crippen molar-refractivity contribution in [3.63, 3.8) is 0 Å². The van der Waals surface area contributed by atoms with Gasteiger partial charge in [-0.05, 0) is 36.8 Å². The maximum atomic E-state index is 12.2. The van der Waals surface area contributed by atoms with Gasteiger partial charge in [0.2, 0.25) is 10.0 Å². The number of hydrogen-bond donors (Lipinski definition) is 1. The van der Waals surface area contributed by atoms with Crippen molar-refractivity contribution in [2.75, 3.05) is 48.3 Å². The summed E-state index contributed by atoms with van der Waals surface area (Å²) < 4.78 is 30.9. The van der Waals surface area contributed by atoms with E-state index < -0.39 is 16.0 Å². The van der Waals surface area contributed by atoms with E-state index in [9.17, 15) is 18.3 Å². The Kier molecular flexibility index (Phi) is 5.38. The average molecular weight is 383 g/mol. The lowest BCUT2D eigenvalue weighted by Gasteiger charge is -2.26. The molecule has 1 N–H and O–H groups in total. The van der Waals surface area contributed by atoms with E-state index in [1.807, 2.05) is 4.90 Å². The lowest BCUT2D eigenvalue weighted by atomic mass is 10.2. The van der Waals surface area contributed by atoms with Gasteiger partial charge < -0.3 is 14.7 Å². The molecule has 8 nitrogen and oxygen atoms in total. The van der Waals surface area contributed by atoms with Gasteiger partial charge in [0.1, 0.15) is 11.6 Å². The van der Waals surface area contributed by atoms with E-state index in [0.29, 0.717) is 43.8 Å². The molecule has 3 rings (SSSR count). The molecule has 1 aliphatic carbocycles. The minimum Gasteiger partial charge on any atom is -0.478 e. The zero-order valence-electron chi connectivity index (χ0n) is 15.1. The number of anilines is 2. The SMILES string of the molecule is COCCN(C[C@@H]1C[C@H]1C)c1cc(C(=O)O)cc(N2CCCS2(=O)=O)n1. The number of ether oxygens (including phenoxy) is 1. The van der Waals surface area contributed by atoms with Crippen LogP contribution in [0.1, 0.15) is 30.1 Å². The van der Waals surface area contributed by atoms with E-state index in [4.69, 9.17) is 4.74 Å². The molecule has 2 heterocycles. The standard InChI is InChI=1S/C17H25N3O5S/c1-12-8-14(12)11-19(5-6-25-2)15-9-13(17(21)22)10-16(18-15)20-4-3-7-26(20,23)24/h9-10,12,14H,3-8,11H2,1-2H3,(H,21,22)/t12-,14+/m1/s1. The van der Waals surface area contributed by atoms with Crippen molar-refractivity contribution in [2.45, 2.75) is 19.8 Å². The smallest absolute Gasteiger partial charge is 0.335 e. The molecular formula is C17H25N3O5S. The van der Waals surface area contributed by atoms with Crippen molar-refractivity contribution in [3.05, 3.63) is 17.7 Å². The molecule has 0 unspecified atom stereocenters.